The van der Waals surface area contributed by atoms with Crippen molar-refractivity contribution < 1.29 is 14.3 Å². The Labute approximate surface area is 181 Å². The molecule has 0 saturated heterocycles. The number of benzene rings is 2. The fourth-order valence-electron chi connectivity index (χ4n) is 2.98. The van der Waals surface area contributed by atoms with Gasteiger partial charge < -0.3 is 15.0 Å². The molecule has 0 atom stereocenters. The number of carbonyl (C=O) groups excluding carboxylic acids is 2. The van der Waals surface area contributed by atoms with Crippen molar-refractivity contribution in [2.75, 3.05) is 25.0 Å². The van der Waals surface area contributed by atoms with Crippen molar-refractivity contribution in [1.29, 1.82) is 0 Å². The van der Waals surface area contributed by atoms with Crippen LogP contribution in [0.15, 0.2) is 46.9 Å². The van der Waals surface area contributed by atoms with E-state index in [1.54, 1.807) is 29.2 Å². The summed E-state index contributed by atoms with van der Waals surface area (Å²) in [5, 5.41) is 2.81. The molecule has 0 bridgehead atoms. The van der Waals surface area contributed by atoms with Crippen LogP contribution in [0.25, 0.3) is 0 Å². The van der Waals surface area contributed by atoms with Gasteiger partial charge in [-0.05, 0) is 55.7 Å². The maximum atomic E-state index is 12.5. The molecule has 0 aliphatic rings. The molecule has 0 unspecified atom stereocenters. The third-order valence-corrected chi connectivity index (χ3v) is 5.05. The summed E-state index contributed by atoms with van der Waals surface area (Å²) in [4.78, 5) is 26.6. The highest BCUT2D eigenvalue weighted by Gasteiger charge is 2.20. The molecule has 2 aromatic rings. The van der Waals surface area contributed by atoms with Gasteiger partial charge in [0.2, 0.25) is 0 Å². The van der Waals surface area contributed by atoms with Crippen molar-refractivity contribution in [2.45, 2.75) is 40.0 Å². The molecule has 1 N–H and O–H groups in total. The summed E-state index contributed by atoms with van der Waals surface area (Å²) in [5.41, 5.74) is 2.03. The Morgan fingerprint density at radius 3 is 2.38 bits per heavy atom. The Morgan fingerprint density at radius 2 is 1.76 bits per heavy atom. The Bertz CT molecular complexity index is 871. The summed E-state index contributed by atoms with van der Waals surface area (Å²) >= 11 is 3.49. The zero-order valence-corrected chi connectivity index (χ0v) is 19.3. The molecular formula is C23H29BrN2O3. The number of nitrogens with zero attached hydrogens (tertiary/aromatic N) is 1. The minimum atomic E-state index is -0.278. The zero-order valence-electron chi connectivity index (χ0n) is 17.7. The number of ether oxygens (including phenoxy) is 1. The van der Waals surface area contributed by atoms with E-state index in [-0.39, 0.29) is 23.8 Å². The molecule has 0 aromatic heterocycles. The van der Waals surface area contributed by atoms with Crippen LogP contribution < -0.4 is 10.1 Å². The second kappa shape index (κ2) is 9.92. The van der Waals surface area contributed by atoms with Crippen molar-refractivity contribution in [3.63, 3.8) is 0 Å². The molecule has 0 spiro atoms. The summed E-state index contributed by atoms with van der Waals surface area (Å²) in [6.45, 7) is 11.3. The average molecular weight is 461 g/mol. The molecule has 29 heavy (non-hydrogen) atoms. The summed E-state index contributed by atoms with van der Waals surface area (Å²) in [6.07, 6.45) is 0. The van der Waals surface area contributed by atoms with Gasteiger partial charge in [0, 0.05) is 34.4 Å². The first-order valence-corrected chi connectivity index (χ1v) is 10.6. The molecular weight excluding hydrogens is 432 g/mol. The van der Waals surface area contributed by atoms with E-state index in [2.05, 4.69) is 42.0 Å². The van der Waals surface area contributed by atoms with Gasteiger partial charge in [-0.3, -0.25) is 9.59 Å². The fraction of sp³-hybridized carbons (Fsp3) is 0.391. The first kappa shape index (κ1) is 22.9. The number of nitrogens with one attached hydrogen (secondary N) is 1. The maximum Gasteiger partial charge on any atom is 0.262 e. The Kier molecular flexibility index (Phi) is 7.85. The third-order valence-electron chi connectivity index (χ3n) is 4.55. The number of halogens is 1. The molecule has 0 aliphatic carbocycles. The van der Waals surface area contributed by atoms with Crippen LogP contribution in [0.5, 0.6) is 5.75 Å². The standard InChI is InChI=1S/C23H29BrN2O3/c1-6-26(7-2)22(28)16-9-8-10-18(13-16)25-21(27)15-29-20-12-11-17(24)14-19(20)23(3,4)5/h8-14H,6-7,15H2,1-5H3,(H,25,27). The van der Waals surface area contributed by atoms with Crippen LogP contribution in [0.1, 0.15) is 50.5 Å². The third kappa shape index (κ3) is 6.32. The quantitative estimate of drug-likeness (QED) is 0.613. The Hall–Kier alpha value is -2.34. The first-order chi connectivity index (χ1) is 13.7. The molecule has 6 heteroatoms. The van der Waals surface area contributed by atoms with E-state index in [1.165, 1.54) is 0 Å². The van der Waals surface area contributed by atoms with Crippen LogP contribution in [-0.2, 0) is 10.2 Å². The van der Waals surface area contributed by atoms with E-state index >= 15 is 0 Å². The van der Waals surface area contributed by atoms with Crippen molar-refractivity contribution in [3.8, 4) is 5.75 Å². The predicted octanol–water partition coefficient (Wildman–Crippen LogP) is 5.25. The van der Waals surface area contributed by atoms with E-state index in [0.717, 1.165) is 10.0 Å². The van der Waals surface area contributed by atoms with Crippen molar-refractivity contribution >= 4 is 33.4 Å². The van der Waals surface area contributed by atoms with E-state index in [9.17, 15) is 9.59 Å². The second-order valence-electron chi connectivity index (χ2n) is 7.79. The van der Waals surface area contributed by atoms with E-state index in [1.807, 2.05) is 32.0 Å². The van der Waals surface area contributed by atoms with Crippen molar-refractivity contribution in [1.82, 2.24) is 4.90 Å². The molecule has 2 aromatic carbocycles. The number of amides is 2. The van der Waals surface area contributed by atoms with Crippen LogP contribution in [0.4, 0.5) is 5.69 Å². The summed E-state index contributed by atoms with van der Waals surface area (Å²) in [6, 6.07) is 12.7. The number of hydrogen-bond donors (Lipinski definition) is 1. The lowest BCUT2D eigenvalue weighted by atomic mass is 9.86. The van der Waals surface area contributed by atoms with Gasteiger partial charge in [0.1, 0.15) is 5.75 Å². The normalized spacial score (nSPS) is 11.1. The monoisotopic (exact) mass is 460 g/mol. The highest BCUT2D eigenvalue weighted by atomic mass is 79.9. The lowest BCUT2D eigenvalue weighted by molar-refractivity contribution is -0.118. The second-order valence-corrected chi connectivity index (χ2v) is 8.70. The number of rotatable bonds is 7. The lowest BCUT2D eigenvalue weighted by Crippen LogP contribution is -2.30. The van der Waals surface area contributed by atoms with Gasteiger partial charge >= 0.3 is 0 Å². The molecule has 2 amide bonds. The van der Waals surface area contributed by atoms with Crippen LogP contribution >= 0.6 is 15.9 Å². The van der Waals surface area contributed by atoms with Gasteiger partial charge in [-0.2, -0.15) is 0 Å². The largest absolute Gasteiger partial charge is 0.483 e. The molecule has 2 rings (SSSR count). The van der Waals surface area contributed by atoms with Crippen LogP contribution in [0.2, 0.25) is 0 Å². The SMILES string of the molecule is CCN(CC)C(=O)c1cccc(NC(=O)COc2ccc(Br)cc2C(C)(C)C)c1. The van der Waals surface area contributed by atoms with Gasteiger partial charge in [0.15, 0.2) is 6.61 Å². The smallest absolute Gasteiger partial charge is 0.262 e. The fourth-order valence-corrected chi connectivity index (χ4v) is 3.34. The molecule has 5 nitrogen and oxygen atoms in total. The molecule has 0 heterocycles. The minimum absolute atomic E-state index is 0.0490. The van der Waals surface area contributed by atoms with E-state index in [0.29, 0.717) is 30.1 Å². The first-order valence-electron chi connectivity index (χ1n) is 9.77. The van der Waals surface area contributed by atoms with E-state index < -0.39 is 0 Å². The van der Waals surface area contributed by atoms with Crippen LogP contribution in [0.3, 0.4) is 0 Å². The number of anilines is 1. The van der Waals surface area contributed by atoms with Gasteiger partial charge in [-0.1, -0.05) is 42.8 Å². The van der Waals surface area contributed by atoms with Gasteiger partial charge in [0.25, 0.3) is 11.8 Å². The molecule has 0 fully saturated rings. The van der Waals surface area contributed by atoms with Gasteiger partial charge in [0.05, 0.1) is 0 Å². The number of carbonyl (C=O) groups is 2. The van der Waals surface area contributed by atoms with E-state index in [4.69, 9.17) is 4.74 Å². The molecule has 0 aliphatic heterocycles. The minimum Gasteiger partial charge on any atom is -0.483 e. The lowest BCUT2D eigenvalue weighted by Gasteiger charge is -2.23. The van der Waals surface area contributed by atoms with Crippen LogP contribution in [0, 0.1) is 0 Å². The highest BCUT2D eigenvalue weighted by molar-refractivity contribution is 9.10. The Morgan fingerprint density at radius 1 is 1.07 bits per heavy atom. The summed E-state index contributed by atoms with van der Waals surface area (Å²) in [5.74, 6) is 0.355. The Balaban J connectivity index is 2.06. The average Bonchev–Trinajstić information content (AvgIpc) is 2.67. The number of hydrogen-bond acceptors (Lipinski definition) is 3. The maximum absolute atomic E-state index is 12.5. The zero-order chi connectivity index (χ0) is 21.6. The van der Waals surface area contributed by atoms with Crippen LogP contribution in [-0.4, -0.2) is 36.4 Å². The summed E-state index contributed by atoms with van der Waals surface area (Å²) in [7, 11) is 0. The molecule has 0 saturated carbocycles. The predicted molar refractivity (Wildman–Crippen MR) is 121 cm³/mol. The summed E-state index contributed by atoms with van der Waals surface area (Å²) < 4.78 is 6.76. The van der Waals surface area contributed by atoms with Crippen molar-refractivity contribution in [3.05, 3.63) is 58.1 Å². The van der Waals surface area contributed by atoms with Crippen molar-refractivity contribution in [2.24, 2.45) is 0 Å². The molecule has 0 radical (unpaired) electrons. The van der Waals surface area contributed by atoms with Gasteiger partial charge in [-0.25, -0.2) is 0 Å². The highest BCUT2D eigenvalue weighted by Crippen LogP contribution is 2.33. The topological polar surface area (TPSA) is 58.6 Å². The molecule has 156 valence electrons. The van der Waals surface area contributed by atoms with Gasteiger partial charge in [-0.15, -0.1) is 0 Å².